The van der Waals surface area contributed by atoms with Crippen LogP contribution in [0.4, 0.5) is 0 Å². The molecule has 3 aliphatic rings. The smallest absolute Gasteiger partial charge is 0.355 e. The standard InChI is InChI=1S/C54H63ClN6O8/c1-32-47(33(2)58(6)57-32)48-41(55)20-19-38-37(16-11-29-67-43-17-9-13-35-12-7-8-14-36(35)43)50(53(66)69-54(3,4)5)60(49(38)48)28-25-34-23-26-59(27-24-34)46(63)31-68-44-18-10-15-39-40(44)30-61(52(39)65)42-21-22-45(62)56-51(42)64/h7-10,12-15,17-20,34,42,51-52,64-65H,11,16,21-31H2,1-6H3,(H,56,62). The minimum absolute atomic E-state index is 0.119. The van der Waals surface area contributed by atoms with Gasteiger partial charge in [0.25, 0.3) is 5.91 Å². The fourth-order valence-corrected chi connectivity index (χ4v) is 10.9. The SMILES string of the molecule is Cc1nn(C)c(C)c1-c1c(Cl)ccc2c(CCCOc3cccc4ccccc34)c(C(=O)OC(C)(C)C)n(CCC3CCN(C(=O)COc4cccc5c4CN(C4CCC(=O)NC4O)C5O)CC3)c12. The van der Waals surface area contributed by atoms with E-state index in [0.717, 1.165) is 80.3 Å². The lowest BCUT2D eigenvalue weighted by atomic mass is 9.93. The fraction of sp³-hybridized carbons (Fsp3) is 0.444. The summed E-state index contributed by atoms with van der Waals surface area (Å²) in [7, 11) is 1.93. The second-order valence-electron chi connectivity index (χ2n) is 19.8. The number of likely N-dealkylation sites (tertiary alicyclic amines) is 1. The molecule has 4 aromatic carbocycles. The Bertz CT molecular complexity index is 2910. The summed E-state index contributed by atoms with van der Waals surface area (Å²) in [5, 5.41) is 32.8. The summed E-state index contributed by atoms with van der Waals surface area (Å²) in [5.41, 5.74) is 6.55. The van der Waals surface area contributed by atoms with Crippen molar-refractivity contribution in [2.75, 3.05) is 26.3 Å². The summed E-state index contributed by atoms with van der Waals surface area (Å²) in [5.74, 6) is 0.875. The number of hydrogen-bond donors (Lipinski definition) is 3. The number of benzene rings is 4. The largest absolute Gasteiger partial charge is 0.493 e. The van der Waals surface area contributed by atoms with Gasteiger partial charge in [0.2, 0.25) is 5.91 Å². The molecule has 3 unspecified atom stereocenters. The minimum atomic E-state index is -1.09. The van der Waals surface area contributed by atoms with E-state index in [0.29, 0.717) is 74.1 Å². The molecule has 6 aromatic rings. The van der Waals surface area contributed by atoms with Gasteiger partial charge in [0.05, 0.1) is 28.9 Å². The van der Waals surface area contributed by atoms with E-state index in [9.17, 15) is 24.6 Å². The number of aliphatic hydroxyl groups is 2. The van der Waals surface area contributed by atoms with Gasteiger partial charge in [0, 0.05) is 78.4 Å². The molecular formula is C54H63ClN6O8. The van der Waals surface area contributed by atoms with Crippen LogP contribution in [0.25, 0.3) is 32.8 Å². The zero-order chi connectivity index (χ0) is 48.7. The van der Waals surface area contributed by atoms with Gasteiger partial charge in [-0.3, -0.25) is 19.2 Å². The number of hydrogen-bond acceptors (Lipinski definition) is 10. The van der Waals surface area contributed by atoms with Crippen LogP contribution in [0.1, 0.15) is 104 Å². The second-order valence-corrected chi connectivity index (χ2v) is 20.2. The van der Waals surface area contributed by atoms with E-state index >= 15 is 0 Å². The number of aliphatic hydroxyl groups excluding tert-OH is 2. The van der Waals surface area contributed by atoms with Crippen molar-refractivity contribution in [2.45, 2.75) is 117 Å². The average molecular weight is 960 g/mol. The quantitative estimate of drug-likeness (QED) is 0.0713. The normalized spacial score (nSPS) is 19.0. The van der Waals surface area contributed by atoms with Crippen LogP contribution in [0, 0.1) is 19.8 Å². The molecule has 3 N–H and O–H groups in total. The van der Waals surface area contributed by atoms with Crippen molar-refractivity contribution in [3.8, 4) is 22.6 Å². The van der Waals surface area contributed by atoms with Crippen molar-refractivity contribution in [1.82, 2.24) is 29.5 Å². The van der Waals surface area contributed by atoms with E-state index in [1.54, 1.807) is 17.0 Å². The molecule has 0 aliphatic carbocycles. The molecule has 2 fully saturated rings. The van der Waals surface area contributed by atoms with Gasteiger partial charge in [-0.2, -0.15) is 5.10 Å². The Morgan fingerprint density at radius 2 is 1.64 bits per heavy atom. The Balaban J connectivity index is 0.932. The molecule has 0 bridgehead atoms. The minimum Gasteiger partial charge on any atom is -0.493 e. The Morgan fingerprint density at radius 1 is 0.899 bits per heavy atom. The Hall–Kier alpha value is -5.93. The lowest BCUT2D eigenvalue weighted by Crippen LogP contribution is -2.54. The highest BCUT2D eigenvalue weighted by atomic mass is 35.5. The number of nitrogens with zero attached hydrogens (tertiary/aromatic N) is 5. The third-order valence-electron chi connectivity index (χ3n) is 14.2. The van der Waals surface area contributed by atoms with Gasteiger partial charge in [0.1, 0.15) is 35.2 Å². The molecule has 2 aromatic heterocycles. The van der Waals surface area contributed by atoms with Crippen molar-refractivity contribution >= 4 is 51.1 Å². The van der Waals surface area contributed by atoms with Crippen LogP contribution < -0.4 is 14.8 Å². The molecule has 3 atom stereocenters. The number of aromatic nitrogens is 3. The number of fused-ring (bicyclic) bond motifs is 3. The fourth-order valence-electron chi connectivity index (χ4n) is 10.7. The number of nitrogens with one attached hydrogen (secondary N) is 1. The summed E-state index contributed by atoms with van der Waals surface area (Å²) in [6, 6.07) is 23.2. The summed E-state index contributed by atoms with van der Waals surface area (Å²) in [6.07, 6.45) is 2.14. The van der Waals surface area contributed by atoms with Crippen molar-refractivity contribution in [1.29, 1.82) is 0 Å². The zero-order valence-corrected chi connectivity index (χ0v) is 41.1. The lowest BCUT2D eigenvalue weighted by Gasteiger charge is -2.36. The van der Waals surface area contributed by atoms with Gasteiger partial charge < -0.3 is 39.2 Å². The molecule has 2 saturated heterocycles. The topological polar surface area (TPSA) is 161 Å². The molecule has 0 radical (unpaired) electrons. The van der Waals surface area contributed by atoms with E-state index in [4.69, 9.17) is 30.9 Å². The number of piperidine rings is 2. The number of esters is 1. The second kappa shape index (κ2) is 19.8. The van der Waals surface area contributed by atoms with Crippen LogP contribution in [-0.4, -0.2) is 96.3 Å². The first-order valence-electron chi connectivity index (χ1n) is 24.2. The molecule has 0 spiro atoms. The van der Waals surface area contributed by atoms with Crippen LogP contribution in [0.3, 0.4) is 0 Å². The first kappa shape index (κ1) is 48.1. The number of amides is 2. The van der Waals surface area contributed by atoms with Gasteiger partial charge in [-0.1, -0.05) is 66.2 Å². The average Bonchev–Trinajstić information content (AvgIpc) is 3.92. The number of halogens is 1. The predicted molar refractivity (Wildman–Crippen MR) is 265 cm³/mol. The highest BCUT2D eigenvalue weighted by molar-refractivity contribution is 6.35. The number of ether oxygens (including phenoxy) is 3. The maximum absolute atomic E-state index is 14.6. The molecule has 3 aliphatic heterocycles. The third kappa shape index (κ3) is 9.81. The van der Waals surface area contributed by atoms with Crippen LogP contribution in [0.2, 0.25) is 5.02 Å². The van der Waals surface area contributed by atoms with Gasteiger partial charge in [0.15, 0.2) is 6.61 Å². The highest BCUT2D eigenvalue weighted by Gasteiger charge is 2.41. The summed E-state index contributed by atoms with van der Waals surface area (Å²) >= 11 is 7.23. The first-order chi connectivity index (χ1) is 33.1. The van der Waals surface area contributed by atoms with Crippen molar-refractivity contribution in [3.05, 3.63) is 112 Å². The summed E-state index contributed by atoms with van der Waals surface area (Å²) in [4.78, 5) is 43.8. The Kier molecular flexibility index (Phi) is 13.8. The van der Waals surface area contributed by atoms with Crippen LogP contribution in [0.15, 0.2) is 72.8 Å². The van der Waals surface area contributed by atoms with E-state index in [-0.39, 0.29) is 30.8 Å². The van der Waals surface area contributed by atoms with Gasteiger partial charge in [-0.25, -0.2) is 4.79 Å². The van der Waals surface area contributed by atoms with Crippen LogP contribution >= 0.6 is 11.6 Å². The van der Waals surface area contributed by atoms with Crippen molar-refractivity contribution < 1.29 is 38.8 Å². The Labute approximate surface area is 408 Å². The molecular weight excluding hydrogens is 896 g/mol. The van der Waals surface area contributed by atoms with E-state index < -0.39 is 30.1 Å². The third-order valence-corrected chi connectivity index (χ3v) is 14.5. The Morgan fingerprint density at radius 3 is 2.38 bits per heavy atom. The summed E-state index contributed by atoms with van der Waals surface area (Å²) < 4.78 is 22.8. The number of carbonyl (C=O) groups is 3. The number of rotatable bonds is 14. The molecule has 14 nitrogen and oxygen atoms in total. The molecule has 5 heterocycles. The van der Waals surface area contributed by atoms with Crippen molar-refractivity contribution in [2.24, 2.45) is 13.0 Å². The van der Waals surface area contributed by atoms with Crippen molar-refractivity contribution in [3.63, 3.8) is 0 Å². The molecule has 15 heteroatoms. The molecule has 69 heavy (non-hydrogen) atoms. The maximum atomic E-state index is 14.6. The monoisotopic (exact) mass is 958 g/mol. The van der Waals surface area contributed by atoms with Gasteiger partial charge >= 0.3 is 5.97 Å². The van der Waals surface area contributed by atoms with Gasteiger partial charge in [-0.05, 0) is 108 Å². The zero-order valence-electron chi connectivity index (χ0n) is 40.4. The van der Waals surface area contributed by atoms with Gasteiger partial charge in [-0.15, -0.1) is 0 Å². The number of aryl methyl sites for hydroxylation is 4. The first-order valence-corrected chi connectivity index (χ1v) is 24.6. The predicted octanol–water partition coefficient (Wildman–Crippen LogP) is 8.54. The van der Waals surface area contributed by atoms with Crippen LogP contribution in [0.5, 0.6) is 11.5 Å². The van der Waals surface area contributed by atoms with Crippen LogP contribution in [-0.2, 0) is 40.9 Å². The lowest BCUT2D eigenvalue weighted by molar-refractivity contribution is -0.135. The molecule has 364 valence electrons. The molecule has 2 amide bonds. The summed E-state index contributed by atoms with van der Waals surface area (Å²) in [6.45, 7) is 11.9. The molecule has 0 saturated carbocycles. The maximum Gasteiger partial charge on any atom is 0.355 e. The van der Waals surface area contributed by atoms with E-state index in [2.05, 4.69) is 28.1 Å². The number of carbonyl (C=O) groups excluding carboxylic acids is 3. The molecule has 9 rings (SSSR count). The van der Waals surface area contributed by atoms with E-state index in [1.807, 2.05) is 93.7 Å². The van der Waals surface area contributed by atoms with E-state index in [1.165, 1.54) is 0 Å². The highest BCUT2D eigenvalue weighted by Crippen LogP contribution is 2.44.